The molecule has 2 N–H and O–H groups in total. The fourth-order valence-corrected chi connectivity index (χ4v) is 2.12. The maximum absolute atomic E-state index is 12.3. The number of hydrogen-bond acceptors (Lipinski definition) is 4. The minimum absolute atomic E-state index is 0.266. The van der Waals surface area contributed by atoms with Crippen LogP contribution in [0.15, 0.2) is 24.3 Å². The number of sulfone groups is 1. The minimum atomic E-state index is -3.51. The summed E-state index contributed by atoms with van der Waals surface area (Å²) >= 11 is 4.85. The van der Waals surface area contributed by atoms with Crippen LogP contribution in [0.3, 0.4) is 0 Å². The number of anilines is 1. The van der Waals surface area contributed by atoms with Gasteiger partial charge in [-0.05, 0) is 38.1 Å². The Morgan fingerprint density at radius 1 is 1.25 bits per heavy atom. The lowest BCUT2D eigenvalue weighted by molar-refractivity contribution is -0.120. The number of hydrogen-bond donors (Lipinski definition) is 1. The maximum atomic E-state index is 12.3. The van der Waals surface area contributed by atoms with E-state index in [1.54, 1.807) is 24.3 Å². The summed E-state index contributed by atoms with van der Waals surface area (Å²) in [7, 11) is -1.98. The van der Waals surface area contributed by atoms with Gasteiger partial charge in [-0.25, -0.2) is 8.42 Å². The van der Waals surface area contributed by atoms with Crippen LogP contribution in [0.25, 0.3) is 0 Å². The molecule has 0 bridgehead atoms. The van der Waals surface area contributed by atoms with Crippen molar-refractivity contribution in [3.05, 3.63) is 29.8 Å². The monoisotopic (exact) mass is 314 g/mol. The number of carbonyl (C=O) groups excluding carboxylic acids is 1. The quantitative estimate of drug-likeness (QED) is 0.842. The molecule has 0 spiro atoms. The molecular formula is C13H18N2O3S2. The number of benzene rings is 1. The lowest BCUT2D eigenvalue weighted by Gasteiger charge is -2.28. The van der Waals surface area contributed by atoms with E-state index in [1.165, 1.54) is 25.8 Å². The summed E-state index contributed by atoms with van der Waals surface area (Å²) < 4.78 is 21.9. The van der Waals surface area contributed by atoms with E-state index in [9.17, 15) is 13.2 Å². The molecule has 0 heterocycles. The van der Waals surface area contributed by atoms with Crippen LogP contribution in [0.4, 0.5) is 5.69 Å². The van der Waals surface area contributed by atoms with Crippen molar-refractivity contribution in [2.24, 2.45) is 5.73 Å². The first-order valence-electron chi connectivity index (χ1n) is 5.86. The number of carbonyl (C=O) groups is 1. The fourth-order valence-electron chi connectivity index (χ4n) is 1.53. The van der Waals surface area contributed by atoms with Crippen LogP contribution in [0.1, 0.15) is 19.4 Å². The Balaban J connectivity index is 3.09. The summed E-state index contributed by atoms with van der Waals surface area (Å²) in [6, 6.07) is 6.72. The molecule has 0 saturated heterocycles. The highest BCUT2D eigenvalue weighted by Gasteiger charge is 2.40. The van der Waals surface area contributed by atoms with E-state index in [0.29, 0.717) is 11.3 Å². The van der Waals surface area contributed by atoms with Gasteiger partial charge in [0, 0.05) is 24.6 Å². The average molecular weight is 314 g/mol. The molecule has 0 unspecified atom stereocenters. The van der Waals surface area contributed by atoms with E-state index in [-0.39, 0.29) is 4.99 Å². The zero-order valence-electron chi connectivity index (χ0n) is 11.9. The summed E-state index contributed by atoms with van der Waals surface area (Å²) in [6.45, 7) is 2.79. The lowest BCUT2D eigenvalue weighted by Crippen LogP contribution is -2.48. The van der Waals surface area contributed by atoms with Gasteiger partial charge in [0.1, 0.15) is 9.74 Å². The smallest absolute Gasteiger partial charge is 0.247 e. The van der Waals surface area contributed by atoms with Crippen LogP contribution in [0, 0.1) is 0 Å². The largest absolute Gasteiger partial charge is 0.389 e. The predicted molar refractivity (Wildman–Crippen MR) is 84.7 cm³/mol. The molecule has 20 heavy (non-hydrogen) atoms. The summed E-state index contributed by atoms with van der Waals surface area (Å²) in [5, 5.41) is 0. The Hall–Kier alpha value is -1.47. The second kappa shape index (κ2) is 5.49. The molecule has 0 saturated carbocycles. The van der Waals surface area contributed by atoms with Crippen LogP contribution in [-0.2, 0) is 14.6 Å². The highest BCUT2D eigenvalue weighted by Crippen LogP contribution is 2.22. The molecule has 0 aliphatic rings. The van der Waals surface area contributed by atoms with E-state index in [1.807, 2.05) is 0 Å². The van der Waals surface area contributed by atoms with Crippen molar-refractivity contribution in [2.45, 2.75) is 18.6 Å². The Morgan fingerprint density at radius 3 is 2.05 bits per heavy atom. The molecule has 0 aromatic heterocycles. The predicted octanol–water partition coefficient (Wildman–Crippen LogP) is 1.11. The molecule has 110 valence electrons. The van der Waals surface area contributed by atoms with Gasteiger partial charge in [-0.1, -0.05) is 12.2 Å². The number of amides is 1. The number of nitrogens with two attached hydrogens (primary N) is 1. The van der Waals surface area contributed by atoms with Gasteiger partial charge in [0.25, 0.3) is 0 Å². The zero-order chi connectivity index (χ0) is 15.7. The molecule has 1 amide bonds. The molecule has 0 aliphatic heterocycles. The Labute approximate surface area is 124 Å². The highest BCUT2D eigenvalue weighted by molar-refractivity contribution is 7.92. The Bertz CT molecular complexity index is 634. The van der Waals surface area contributed by atoms with Crippen LogP contribution in [0.5, 0.6) is 0 Å². The van der Waals surface area contributed by atoms with Gasteiger partial charge in [0.15, 0.2) is 9.84 Å². The van der Waals surface area contributed by atoms with Crippen molar-refractivity contribution >= 4 is 38.6 Å². The summed E-state index contributed by atoms with van der Waals surface area (Å²) in [4.78, 5) is 13.9. The van der Waals surface area contributed by atoms with Gasteiger partial charge >= 0.3 is 0 Å². The first-order valence-corrected chi connectivity index (χ1v) is 8.16. The molecule has 0 radical (unpaired) electrons. The van der Waals surface area contributed by atoms with Crippen LogP contribution in [-0.4, -0.2) is 37.4 Å². The van der Waals surface area contributed by atoms with Crippen molar-refractivity contribution in [3.8, 4) is 0 Å². The number of thiocarbonyl (C=S) groups is 1. The maximum Gasteiger partial charge on any atom is 0.247 e. The standard InChI is InChI=1S/C13H18N2O3S2/c1-13(2,20(4,17)18)12(16)15(3)10-7-5-9(6-8-10)11(14)19/h5-8H,1-4H3,(H2,14,19). The van der Waals surface area contributed by atoms with Crippen molar-refractivity contribution in [1.29, 1.82) is 0 Å². The van der Waals surface area contributed by atoms with Gasteiger partial charge in [-0.15, -0.1) is 0 Å². The van der Waals surface area contributed by atoms with Gasteiger partial charge in [-0.2, -0.15) is 0 Å². The summed E-state index contributed by atoms with van der Waals surface area (Å²) in [5.74, 6) is -0.497. The average Bonchev–Trinajstić information content (AvgIpc) is 2.35. The van der Waals surface area contributed by atoms with Crippen molar-refractivity contribution < 1.29 is 13.2 Å². The number of rotatable bonds is 4. The summed E-state index contributed by atoms with van der Waals surface area (Å²) in [6.07, 6.45) is 1.05. The van der Waals surface area contributed by atoms with Crippen molar-refractivity contribution in [3.63, 3.8) is 0 Å². The SMILES string of the molecule is CN(C(=O)C(C)(C)S(C)(=O)=O)c1ccc(C(N)=S)cc1. The first-order chi connectivity index (χ1) is 8.98. The van der Waals surface area contributed by atoms with Crippen molar-refractivity contribution in [1.82, 2.24) is 0 Å². The highest BCUT2D eigenvalue weighted by atomic mass is 32.2. The second-order valence-electron chi connectivity index (χ2n) is 5.06. The fraction of sp³-hybridized carbons (Fsp3) is 0.385. The van der Waals surface area contributed by atoms with E-state index in [2.05, 4.69) is 0 Å². The van der Waals surface area contributed by atoms with E-state index >= 15 is 0 Å². The normalized spacial score (nSPS) is 12.0. The molecule has 7 heteroatoms. The summed E-state index contributed by atoms with van der Waals surface area (Å²) in [5.41, 5.74) is 6.76. The molecule has 0 atom stereocenters. The molecule has 1 aromatic carbocycles. The molecule has 0 fully saturated rings. The van der Waals surface area contributed by atoms with Gasteiger partial charge < -0.3 is 10.6 Å². The second-order valence-corrected chi connectivity index (χ2v) is 8.06. The third kappa shape index (κ3) is 3.16. The van der Waals surface area contributed by atoms with Crippen LogP contribution < -0.4 is 10.6 Å². The Morgan fingerprint density at radius 2 is 1.70 bits per heavy atom. The van der Waals surface area contributed by atoms with Gasteiger partial charge in [0.2, 0.25) is 5.91 Å². The molecule has 1 rings (SSSR count). The molecule has 0 aliphatic carbocycles. The van der Waals surface area contributed by atoms with E-state index < -0.39 is 20.5 Å². The molecule has 1 aromatic rings. The van der Waals surface area contributed by atoms with Crippen molar-refractivity contribution in [2.75, 3.05) is 18.2 Å². The number of nitrogens with zero attached hydrogens (tertiary/aromatic N) is 1. The van der Waals surface area contributed by atoms with E-state index in [0.717, 1.165) is 6.26 Å². The van der Waals surface area contributed by atoms with E-state index in [4.69, 9.17) is 18.0 Å². The molecular weight excluding hydrogens is 296 g/mol. The van der Waals surface area contributed by atoms with Gasteiger partial charge in [-0.3, -0.25) is 4.79 Å². The minimum Gasteiger partial charge on any atom is -0.389 e. The molecule has 5 nitrogen and oxygen atoms in total. The lowest BCUT2D eigenvalue weighted by atomic mass is 10.1. The third-order valence-electron chi connectivity index (χ3n) is 3.29. The first kappa shape index (κ1) is 16.6. The van der Waals surface area contributed by atoms with Gasteiger partial charge in [0.05, 0.1) is 0 Å². The third-order valence-corrected chi connectivity index (χ3v) is 5.55. The van der Waals surface area contributed by atoms with Crippen LogP contribution >= 0.6 is 12.2 Å². The zero-order valence-corrected chi connectivity index (χ0v) is 13.5. The Kier molecular flexibility index (Phi) is 4.55. The topological polar surface area (TPSA) is 80.5 Å². The van der Waals surface area contributed by atoms with Crippen LogP contribution in [0.2, 0.25) is 0 Å².